The lowest BCUT2D eigenvalue weighted by Gasteiger charge is -2.07. The number of nitrogens with zero attached hydrogens (tertiary/aromatic N) is 1. The summed E-state index contributed by atoms with van der Waals surface area (Å²) >= 11 is 1.42. The van der Waals surface area contributed by atoms with Crippen LogP contribution in [0.5, 0.6) is 0 Å². The highest BCUT2D eigenvalue weighted by molar-refractivity contribution is 7.13. The summed E-state index contributed by atoms with van der Waals surface area (Å²) in [6.07, 6.45) is 7.49. The Kier molecular flexibility index (Phi) is 5.29. The number of nitrogens with one attached hydrogen (secondary N) is 1. The smallest absolute Gasteiger partial charge is 0.305 e. The number of hydrogen-bond donors (Lipinski definition) is 1. The highest BCUT2D eigenvalue weighted by Gasteiger charge is 2.20. The van der Waals surface area contributed by atoms with Gasteiger partial charge >= 0.3 is 5.97 Å². The van der Waals surface area contributed by atoms with Gasteiger partial charge in [0.25, 0.3) is 0 Å². The van der Waals surface area contributed by atoms with Gasteiger partial charge in [-0.25, -0.2) is 4.98 Å². The molecule has 1 aromatic heterocycles. The molecule has 0 radical (unpaired) electrons. The van der Waals surface area contributed by atoms with E-state index < -0.39 is 0 Å². The van der Waals surface area contributed by atoms with Crippen molar-refractivity contribution in [2.45, 2.75) is 32.1 Å². The van der Waals surface area contributed by atoms with Crippen LogP contribution >= 0.6 is 11.3 Å². The zero-order chi connectivity index (χ0) is 14.4. The summed E-state index contributed by atoms with van der Waals surface area (Å²) < 4.78 is 4.58. The van der Waals surface area contributed by atoms with Crippen LogP contribution in [0.3, 0.4) is 0 Å². The summed E-state index contributed by atoms with van der Waals surface area (Å²) in [4.78, 5) is 27.3. The summed E-state index contributed by atoms with van der Waals surface area (Å²) in [5.74, 6) is -0.130. The fourth-order valence-electron chi connectivity index (χ4n) is 2.03. The Hall–Kier alpha value is -1.69. The molecule has 1 N–H and O–H groups in total. The maximum absolute atomic E-state index is 11.9. The van der Waals surface area contributed by atoms with Crippen molar-refractivity contribution in [1.29, 1.82) is 0 Å². The molecule has 0 aromatic carbocycles. The number of aromatic nitrogens is 1. The molecule has 1 aliphatic carbocycles. The number of amides is 1. The number of anilines is 1. The monoisotopic (exact) mass is 294 g/mol. The molecule has 2 rings (SSSR count). The maximum Gasteiger partial charge on any atom is 0.305 e. The van der Waals surface area contributed by atoms with Crippen molar-refractivity contribution in [2.24, 2.45) is 5.92 Å². The zero-order valence-electron chi connectivity index (χ0n) is 11.4. The lowest BCUT2D eigenvalue weighted by molar-refractivity contribution is -0.140. The summed E-state index contributed by atoms with van der Waals surface area (Å²) in [5, 5.41) is 5.40. The van der Waals surface area contributed by atoms with E-state index in [-0.39, 0.29) is 17.8 Å². The van der Waals surface area contributed by atoms with Gasteiger partial charge in [0.15, 0.2) is 5.13 Å². The predicted octanol–water partition coefficient (Wildman–Crippen LogP) is 2.54. The van der Waals surface area contributed by atoms with Gasteiger partial charge in [-0.15, -0.1) is 11.3 Å². The SMILES string of the molecule is COC(=O)CCCc1csc(NC(=O)C2CC=CC2)n1. The van der Waals surface area contributed by atoms with E-state index in [1.807, 2.05) is 17.5 Å². The molecule has 0 saturated heterocycles. The van der Waals surface area contributed by atoms with Crippen molar-refractivity contribution in [3.05, 3.63) is 23.2 Å². The van der Waals surface area contributed by atoms with Crippen molar-refractivity contribution < 1.29 is 14.3 Å². The third-order valence-corrected chi connectivity index (χ3v) is 4.01. The summed E-state index contributed by atoms with van der Waals surface area (Å²) in [6, 6.07) is 0. The molecule has 20 heavy (non-hydrogen) atoms. The molecule has 0 saturated carbocycles. The molecule has 6 heteroatoms. The van der Waals surface area contributed by atoms with E-state index in [1.54, 1.807) is 0 Å². The van der Waals surface area contributed by atoms with Gasteiger partial charge in [0.1, 0.15) is 0 Å². The lowest BCUT2D eigenvalue weighted by atomic mass is 10.1. The number of esters is 1. The van der Waals surface area contributed by atoms with Crippen LogP contribution in [0, 0.1) is 5.92 Å². The Labute approximate surface area is 122 Å². The molecule has 1 amide bonds. The van der Waals surface area contributed by atoms with Crippen LogP contribution in [0.15, 0.2) is 17.5 Å². The highest BCUT2D eigenvalue weighted by Crippen LogP contribution is 2.22. The zero-order valence-corrected chi connectivity index (χ0v) is 12.2. The first-order valence-corrected chi connectivity index (χ1v) is 7.54. The number of hydrogen-bond acceptors (Lipinski definition) is 5. The molecule has 1 aromatic rings. The topological polar surface area (TPSA) is 68.3 Å². The second kappa shape index (κ2) is 7.19. The number of rotatable bonds is 6. The van der Waals surface area contributed by atoms with Crippen LogP contribution in [-0.2, 0) is 20.7 Å². The van der Waals surface area contributed by atoms with Gasteiger partial charge in [-0.05, 0) is 25.7 Å². The van der Waals surface area contributed by atoms with Gasteiger partial charge in [0, 0.05) is 17.7 Å². The molecular weight excluding hydrogens is 276 g/mol. The van der Waals surface area contributed by atoms with Crippen molar-refractivity contribution >= 4 is 28.3 Å². The lowest BCUT2D eigenvalue weighted by Crippen LogP contribution is -2.20. The highest BCUT2D eigenvalue weighted by atomic mass is 32.1. The minimum absolute atomic E-state index is 0.0328. The van der Waals surface area contributed by atoms with E-state index in [9.17, 15) is 9.59 Å². The van der Waals surface area contributed by atoms with Crippen LogP contribution < -0.4 is 5.32 Å². The first-order valence-electron chi connectivity index (χ1n) is 6.66. The average Bonchev–Trinajstić information content (AvgIpc) is 3.10. The number of ether oxygens (including phenoxy) is 1. The Balaban J connectivity index is 1.77. The van der Waals surface area contributed by atoms with Gasteiger partial charge in [-0.1, -0.05) is 12.2 Å². The molecule has 5 nitrogen and oxygen atoms in total. The molecular formula is C14H18N2O3S. The van der Waals surface area contributed by atoms with Gasteiger partial charge in [-0.3, -0.25) is 9.59 Å². The standard InChI is InChI=1S/C14H18N2O3S/c1-19-12(17)8-4-7-11-9-20-14(15-11)16-13(18)10-5-2-3-6-10/h2-3,9-10H,4-8H2,1H3,(H,15,16,18). The van der Waals surface area contributed by atoms with Crippen LogP contribution in [0.25, 0.3) is 0 Å². The van der Waals surface area contributed by atoms with E-state index in [0.717, 1.165) is 18.5 Å². The van der Waals surface area contributed by atoms with E-state index >= 15 is 0 Å². The number of methoxy groups -OCH3 is 1. The van der Waals surface area contributed by atoms with Gasteiger partial charge in [-0.2, -0.15) is 0 Å². The first-order chi connectivity index (χ1) is 9.69. The molecule has 1 aliphatic rings. The second-order valence-electron chi connectivity index (χ2n) is 4.70. The summed E-state index contributed by atoms with van der Waals surface area (Å²) in [5.41, 5.74) is 0.902. The van der Waals surface area contributed by atoms with Crippen LogP contribution in [0.2, 0.25) is 0 Å². The molecule has 0 aliphatic heterocycles. The third kappa shape index (κ3) is 4.16. The first kappa shape index (κ1) is 14.7. The van der Waals surface area contributed by atoms with Gasteiger partial charge < -0.3 is 10.1 Å². The number of allylic oxidation sites excluding steroid dienone is 2. The second-order valence-corrected chi connectivity index (χ2v) is 5.56. The molecule has 0 unspecified atom stereocenters. The van der Waals surface area contributed by atoms with Crippen molar-refractivity contribution in [3.63, 3.8) is 0 Å². The molecule has 1 heterocycles. The van der Waals surface area contributed by atoms with E-state index in [2.05, 4.69) is 15.0 Å². The fourth-order valence-corrected chi connectivity index (χ4v) is 2.78. The van der Waals surface area contributed by atoms with E-state index in [4.69, 9.17) is 0 Å². The Bertz CT molecular complexity index is 502. The summed E-state index contributed by atoms with van der Waals surface area (Å²) in [7, 11) is 1.39. The van der Waals surface area contributed by atoms with Crippen molar-refractivity contribution in [2.75, 3.05) is 12.4 Å². The average molecular weight is 294 g/mol. The largest absolute Gasteiger partial charge is 0.469 e. The molecule has 0 atom stereocenters. The number of aryl methyl sites for hydroxylation is 1. The van der Waals surface area contributed by atoms with E-state index in [1.165, 1.54) is 18.4 Å². The third-order valence-electron chi connectivity index (χ3n) is 3.20. The number of thiazole rings is 1. The minimum Gasteiger partial charge on any atom is -0.469 e. The summed E-state index contributed by atoms with van der Waals surface area (Å²) in [6.45, 7) is 0. The molecule has 0 spiro atoms. The Morgan fingerprint density at radius 2 is 2.20 bits per heavy atom. The quantitative estimate of drug-likeness (QED) is 0.646. The molecule has 108 valence electrons. The van der Waals surface area contributed by atoms with Gasteiger partial charge in [0.05, 0.1) is 12.8 Å². The fraction of sp³-hybridized carbons (Fsp3) is 0.500. The van der Waals surface area contributed by atoms with Crippen LogP contribution in [0.1, 0.15) is 31.4 Å². The van der Waals surface area contributed by atoms with Crippen molar-refractivity contribution in [3.8, 4) is 0 Å². The van der Waals surface area contributed by atoms with E-state index in [0.29, 0.717) is 24.4 Å². The van der Waals surface area contributed by atoms with Crippen LogP contribution in [-0.4, -0.2) is 24.0 Å². The Morgan fingerprint density at radius 3 is 2.90 bits per heavy atom. The van der Waals surface area contributed by atoms with Gasteiger partial charge in [0.2, 0.25) is 5.91 Å². The van der Waals surface area contributed by atoms with Crippen molar-refractivity contribution in [1.82, 2.24) is 4.98 Å². The Morgan fingerprint density at radius 1 is 1.45 bits per heavy atom. The predicted molar refractivity (Wildman–Crippen MR) is 77.6 cm³/mol. The minimum atomic E-state index is -0.206. The maximum atomic E-state index is 11.9. The molecule has 0 fully saturated rings. The normalized spacial score (nSPS) is 14.4. The molecule has 0 bridgehead atoms. The van der Waals surface area contributed by atoms with Crippen LogP contribution in [0.4, 0.5) is 5.13 Å². The number of carbonyl (C=O) groups is 2. The number of carbonyl (C=O) groups excluding carboxylic acids is 2.